The minimum Gasteiger partial charge on any atom is -0.309 e. The fraction of sp³-hybridized carbons (Fsp3) is 0.250. The van der Waals surface area contributed by atoms with Crippen molar-refractivity contribution in [3.63, 3.8) is 0 Å². The zero-order valence-corrected chi connectivity index (χ0v) is 16.6. The lowest BCUT2D eigenvalue weighted by atomic mass is 10.1. The molecular formula is C20H20N4OS2. The van der Waals surface area contributed by atoms with Crippen LogP contribution in [0, 0.1) is 0 Å². The number of para-hydroxylation sites is 1. The summed E-state index contributed by atoms with van der Waals surface area (Å²) in [5.74, 6) is 1.27. The molecule has 1 amide bonds. The highest BCUT2D eigenvalue weighted by Gasteiger charge is 2.32. The van der Waals surface area contributed by atoms with E-state index in [2.05, 4.69) is 28.4 Å². The Balaban J connectivity index is 1.62. The summed E-state index contributed by atoms with van der Waals surface area (Å²) in [4.78, 5) is 16.4. The maximum Gasteiger partial charge on any atom is 0.238 e. The standard InChI is InChI=1S/C20H20N4OS2/c1-2-23-14-21-22-20(23)27-13-19(25)24-16-10-6-7-11-18(16)26-12-17(24)15-8-4-3-5-9-15/h3-11,14,17H,2,12-13H2,1H3/t17-/m1/s1. The van der Waals surface area contributed by atoms with Crippen LogP contribution in [0.2, 0.25) is 0 Å². The molecule has 0 radical (unpaired) electrons. The number of hydrogen-bond donors (Lipinski definition) is 0. The van der Waals surface area contributed by atoms with Crippen LogP contribution in [0.15, 0.2) is 71.0 Å². The van der Waals surface area contributed by atoms with Crippen LogP contribution in [0.5, 0.6) is 0 Å². The summed E-state index contributed by atoms with van der Waals surface area (Å²) >= 11 is 3.25. The summed E-state index contributed by atoms with van der Waals surface area (Å²) in [6.45, 7) is 2.83. The van der Waals surface area contributed by atoms with Crippen LogP contribution in [0.25, 0.3) is 0 Å². The molecule has 0 fully saturated rings. The Morgan fingerprint density at radius 1 is 1.19 bits per heavy atom. The first kappa shape index (κ1) is 18.1. The van der Waals surface area contributed by atoms with Gasteiger partial charge in [0.1, 0.15) is 6.33 Å². The molecule has 0 saturated heterocycles. The van der Waals surface area contributed by atoms with Crippen LogP contribution in [0.1, 0.15) is 18.5 Å². The smallest absolute Gasteiger partial charge is 0.238 e. The Morgan fingerprint density at radius 3 is 2.78 bits per heavy atom. The van der Waals surface area contributed by atoms with Gasteiger partial charge in [-0.25, -0.2) is 0 Å². The zero-order valence-electron chi connectivity index (χ0n) is 15.0. The Bertz CT molecular complexity index is 928. The molecule has 1 aliphatic rings. The van der Waals surface area contributed by atoms with Crippen molar-refractivity contribution >= 4 is 35.1 Å². The number of carbonyl (C=O) groups excluding carboxylic acids is 1. The minimum absolute atomic E-state index is 0.0308. The van der Waals surface area contributed by atoms with Gasteiger partial charge in [-0.05, 0) is 24.6 Å². The third-order valence-corrected chi connectivity index (χ3v) is 6.64. The first-order valence-corrected chi connectivity index (χ1v) is 10.8. The van der Waals surface area contributed by atoms with E-state index in [1.165, 1.54) is 11.8 Å². The van der Waals surface area contributed by atoms with Crippen molar-refractivity contribution in [1.29, 1.82) is 0 Å². The monoisotopic (exact) mass is 396 g/mol. The summed E-state index contributed by atoms with van der Waals surface area (Å²) < 4.78 is 1.95. The van der Waals surface area contributed by atoms with Crippen LogP contribution in [0.4, 0.5) is 5.69 Å². The second-order valence-corrected chi connectivity index (χ2v) is 8.16. The predicted molar refractivity (Wildman–Crippen MR) is 110 cm³/mol. The predicted octanol–water partition coefficient (Wildman–Crippen LogP) is 4.27. The highest BCUT2D eigenvalue weighted by atomic mass is 32.2. The average Bonchev–Trinajstić information content (AvgIpc) is 3.19. The third-order valence-electron chi connectivity index (χ3n) is 4.53. The number of amides is 1. The number of thioether (sulfide) groups is 2. The van der Waals surface area contributed by atoms with Crippen LogP contribution in [-0.4, -0.2) is 32.2 Å². The van der Waals surface area contributed by atoms with Gasteiger partial charge in [0.05, 0.1) is 17.5 Å². The molecule has 0 aliphatic carbocycles. The molecule has 4 rings (SSSR count). The highest BCUT2D eigenvalue weighted by molar-refractivity contribution is 8.00. The fourth-order valence-electron chi connectivity index (χ4n) is 3.19. The van der Waals surface area contributed by atoms with E-state index in [-0.39, 0.29) is 11.9 Å². The van der Waals surface area contributed by atoms with E-state index in [1.807, 2.05) is 64.6 Å². The number of rotatable bonds is 5. The largest absolute Gasteiger partial charge is 0.309 e. The molecule has 1 atom stereocenters. The van der Waals surface area contributed by atoms with Gasteiger partial charge in [0, 0.05) is 17.2 Å². The molecule has 1 aliphatic heterocycles. The van der Waals surface area contributed by atoms with Gasteiger partial charge < -0.3 is 9.47 Å². The van der Waals surface area contributed by atoms with Crippen LogP contribution >= 0.6 is 23.5 Å². The molecule has 0 N–H and O–H groups in total. The number of benzene rings is 2. The molecule has 5 nitrogen and oxygen atoms in total. The molecule has 0 saturated carbocycles. The molecule has 27 heavy (non-hydrogen) atoms. The van der Waals surface area contributed by atoms with Crippen LogP contribution in [0.3, 0.4) is 0 Å². The normalized spacial score (nSPS) is 16.2. The number of aromatic nitrogens is 3. The molecule has 2 aromatic carbocycles. The van der Waals surface area contributed by atoms with E-state index in [9.17, 15) is 4.79 Å². The van der Waals surface area contributed by atoms with Gasteiger partial charge in [0.25, 0.3) is 0 Å². The van der Waals surface area contributed by atoms with E-state index in [1.54, 1.807) is 6.33 Å². The lowest BCUT2D eigenvalue weighted by molar-refractivity contribution is -0.116. The third kappa shape index (κ3) is 3.75. The summed E-state index contributed by atoms with van der Waals surface area (Å²) in [6, 6.07) is 18.4. The van der Waals surface area contributed by atoms with E-state index in [0.29, 0.717) is 5.75 Å². The lowest BCUT2D eigenvalue weighted by Gasteiger charge is -2.37. The van der Waals surface area contributed by atoms with Crippen LogP contribution < -0.4 is 4.90 Å². The van der Waals surface area contributed by atoms with Gasteiger partial charge in [-0.3, -0.25) is 4.79 Å². The lowest BCUT2D eigenvalue weighted by Crippen LogP contribution is -2.39. The summed E-state index contributed by atoms with van der Waals surface area (Å²) in [6.07, 6.45) is 1.70. The van der Waals surface area contributed by atoms with Crippen molar-refractivity contribution in [1.82, 2.24) is 14.8 Å². The molecule has 138 valence electrons. The van der Waals surface area contributed by atoms with E-state index >= 15 is 0 Å². The molecule has 0 spiro atoms. The average molecular weight is 397 g/mol. The zero-order chi connectivity index (χ0) is 18.6. The number of aryl methyl sites for hydroxylation is 1. The fourth-order valence-corrected chi connectivity index (χ4v) is 5.19. The first-order chi connectivity index (χ1) is 13.3. The van der Waals surface area contributed by atoms with Gasteiger partial charge in [0.2, 0.25) is 5.91 Å². The summed E-state index contributed by atoms with van der Waals surface area (Å²) in [5.41, 5.74) is 2.15. The molecule has 0 bridgehead atoms. The number of nitrogens with zero attached hydrogens (tertiary/aromatic N) is 4. The molecule has 1 aromatic heterocycles. The molecule has 7 heteroatoms. The summed E-state index contributed by atoms with van der Waals surface area (Å²) in [5, 5.41) is 8.85. The van der Waals surface area contributed by atoms with E-state index in [4.69, 9.17) is 0 Å². The van der Waals surface area contributed by atoms with Gasteiger partial charge in [-0.2, -0.15) is 0 Å². The number of carbonyl (C=O) groups is 1. The summed E-state index contributed by atoms with van der Waals surface area (Å²) in [7, 11) is 0. The van der Waals surface area contributed by atoms with Crippen molar-refractivity contribution in [2.75, 3.05) is 16.4 Å². The van der Waals surface area contributed by atoms with Crippen molar-refractivity contribution in [2.24, 2.45) is 0 Å². The maximum atomic E-state index is 13.3. The van der Waals surface area contributed by atoms with Gasteiger partial charge in [-0.15, -0.1) is 22.0 Å². The number of hydrogen-bond acceptors (Lipinski definition) is 5. The second kappa shape index (κ2) is 8.19. The number of anilines is 1. The number of fused-ring (bicyclic) bond motifs is 1. The molecule has 2 heterocycles. The minimum atomic E-state index is 0.0308. The Labute approximate surface area is 167 Å². The van der Waals surface area contributed by atoms with Crippen molar-refractivity contribution in [3.8, 4) is 0 Å². The molecule has 0 unspecified atom stereocenters. The Morgan fingerprint density at radius 2 is 1.96 bits per heavy atom. The van der Waals surface area contributed by atoms with Crippen molar-refractivity contribution in [3.05, 3.63) is 66.5 Å². The topological polar surface area (TPSA) is 51.0 Å². The van der Waals surface area contributed by atoms with Crippen molar-refractivity contribution < 1.29 is 4.79 Å². The van der Waals surface area contributed by atoms with Gasteiger partial charge in [0.15, 0.2) is 5.16 Å². The Kier molecular flexibility index (Phi) is 5.50. The highest BCUT2D eigenvalue weighted by Crippen LogP contribution is 2.43. The molecule has 3 aromatic rings. The Hall–Kier alpha value is -2.25. The maximum absolute atomic E-state index is 13.3. The van der Waals surface area contributed by atoms with Gasteiger partial charge >= 0.3 is 0 Å². The van der Waals surface area contributed by atoms with Gasteiger partial charge in [-0.1, -0.05) is 54.2 Å². The SMILES string of the molecule is CCn1cnnc1SCC(=O)N1c2ccccc2SC[C@@H]1c1ccccc1. The van der Waals surface area contributed by atoms with E-state index in [0.717, 1.165) is 33.6 Å². The molecular weight excluding hydrogens is 376 g/mol. The first-order valence-electron chi connectivity index (χ1n) is 8.87. The van der Waals surface area contributed by atoms with Crippen LogP contribution in [-0.2, 0) is 11.3 Å². The van der Waals surface area contributed by atoms with E-state index < -0.39 is 0 Å². The second-order valence-electron chi connectivity index (χ2n) is 6.16. The van der Waals surface area contributed by atoms with Crippen molar-refractivity contribution in [2.45, 2.75) is 29.6 Å². The quantitative estimate of drug-likeness (QED) is 0.603.